The standard InChI is InChI=1S/C12H11FN4O3/c1-16(7-11-14-4-5-15-11)12(18)9-6-8(17(19)20)2-3-10(9)13/h2-6H,7H2,1H3,(H,14,15). The van der Waals surface area contributed by atoms with Gasteiger partial charge in [-0.2, -0.15) is 0 Å². The van der Waals surface area contributed by atoms with Crippen LogP contribution in [0.15, 0.2) is 30.6 Å². The Morgan fingerprint density at radius 1 is 1.55 bits per heavy atom. The summed E-state index contributed by atoms with van der Waals surface area (Å²) in [6.45, 7) is 0.147. The van der Waals surface area contributed by atoms with E-state index in [0.717, 1.165) is 18.2 Å². The molecule has 2 aromatic rings. The SMILES string of the molecule is CN(Cc1ncc[nH]1)C(=O)c1cc([N+](=O)[O-])ccc1F. The lowest BCUT2D eigenvalue weighted by Crippen LogP contribution is -2.27. The number of carbonyl (C=O) groups is 1. The number of rotatable bonds is 4. The van der Waals surface area contributed by atoms with Gasteiger partial charge in [0.25, 0.3) is 11.6 Å². The summed E-state index contributed by atoms with van der Waals surface area (Å²) in [5.74, 6) is -0.916. The number of carbonyl (C=O) groups excluding carboxylic acids is 1. The lowest BCUT2D eigenvalue weighted by Gasteiger charge is -2.16. The van der Waals surface area contributed by atoms with Crippen LogP contribution in [0.3, 0.4) is 0 Å². The summed E-state index contributed by atoms with van der Waals surface area (Å²) in [5.41, 5.74) is -0.672. The van der Waals surface area contributed by atoms with Gasteiger partial charge in [-0.15, -0.1) is 0 Å². The fourth-order valence-corrected chi connectivity index (χ4v) is 1.68. The van der Waals surface area contributed by atoms with Gasteiger partial charge in [0.05, 0.1) is 17.0 Å². The monoisotopic (exact) mass is 278 g/mol. The first-order chi connectivity index (χ1) is 9.49. The van der Waals surface area contributed by atoms with Gasteiger partial charge in [0, 0.05) is 31.6 Å². The Morgan fingerprint density at radius 2 is 2.30 bits per heavy atom. The van der Waals surface area contributed by atoms with Crippen LogP contribution in [0.25, 0.3) is 0 Å². The number of benzene rings is 1. The van der Waals surface area contributed by atoms with Gasteiger partial charge in [-0.3, -0.25) is 14.9 Å². The number of hydrogen-bond donors (Lipinski definition) is 1. The zero-order valence-corrected chi connectivity index (χ0v) is 10.5. The van der Waals surface area contributed by atoms with E-state index in [-0.39, 0.29) is 17.8 Å². The Kier molecular flexibility index (Phi) is 3.74. The molecule has 7 nitrogen and oxygen atoms in total. The number of imidazole rings is 1. The molecule has 1 N–H and O–H groups in total. The molecular formula is C12H11FN4O3. The molecule has 8 heteroatoms. The minimum Gasteiger partial charge on any atom is -0.347 e. The van der Waals surface area contributed by atoms with Crippen LogP contribution in [-0.2, 0) is 6.54 Å². The summed E-state index contributed by atoms with van der Waals surface area (Å²) in [5, 5.41) is 10.7. The van der Waals surface area contributed by atoms with Gasteiger partial charge in [0.15, 0.2) is 0 Å². The molecule has 0 fully saturated rings. The average molecular weight is 278 g/mol. The number of aromatic amines is 1. The first-order valence-corrected chi connectivity index (χ1v) is 5.66. The minimum absolute atomic E-state index is 0.147. The molecule has 1 aromatic heterocycles. The van der Waals surface area contributed by atoms with Crippen LogP contribution in [0.1, 0.15) is 16.2 Å². The molecule has 0 aliphatic carbocycles. The van der Waals surface area contributed by atoms with Crippen molar-refractivity contribution in [2.45, 2.75) is 6.54 Å². The largest absolute Gasteiger partial charge is 0.347 e. The van der Waals surface area contributed by atoms with E-state index in [9.17, 15) is 19.3 Å². The second-order valence-corrected chi connectivity index (χ2v) is 4.12. The van der Waals surface area contributed by atoms with E-state index in [0.29, 0.717) is 5.82 Å². The van der Waals surface area contributed by atoms with Crippen LogP contribution in [0.5, 0.6) is 0 Å². The zero-order valence-electron chi connectivity index (χ0n) is 10.5. The normalized spacial score (nSPS) is 10.3. The van der Waals surface area contributed by atoms with E-state index in [4.69, 9.17) is 0 Å². The molecule has 0 atom stereocenters. The molecular weight excluding hydrogens is 267 g/mol. The van der Waals surface area contributed by atoms with E-state index < -0.39 is 16.6 Å². The summed E-state index contributed by atoms with van der Waals surface area (Å²) in [6.07, 6.45) is 3.13. The number of H-pyrrole nitrogens is 1. The minimum atomic E-state index is -0.799. The van der Waals surface area contributed by atoms with Gasteiger partial charge >= 0.3 is 0 Å². The van der Waals surface area contributed by atoms with Gasteiger partial charge < -0.3 is 9.88 Å². The predicted octanol–water partition coefficient (Wildman–Crippen LogP) is 1.73. The molecule has 0 aliphatic heterocycles. The Bertz CT molecular complexity index is 642. The highest BCUT2D eigenvalue weighted by atomic mass is 19.1. The van der Waals surface area contributed by atoms with Gasteiger partial charge in [-0.25, -0.2) is 9.37 Å². The predicted molar refractivity (Wildman–Crippen MR) is 67.4 cm³/mol. The fourth-order valence-electron chi connectivity index (χ4n) is 1.68. The smallest absolute Gasteiger partial charge is 0.270 e. The number of halogens is 1. The Morgan fingerprint density at radius 3 is 2.90 bits per heavy atom. The van der Waals surface area contributed by atoms with Crippen LogP contribution < -0.4 is 0 Å². The van der Waals surface area contributed by atoms with Crippen LogP contribution in [0.2, 0.25) is 0 Å². The van der Waals surface area contributed by atoms with Crippen molar-refractivity contribution in [2.75, 3.05) is 7.05 Å². The third-order valence-electron chi connectivity index (χ3n) is 2.68. The fraction of sp³-hybridized carbons (Fsp3) is 0.167. The van der Waals surface area contributed by atoms with Crippen molar-refractivity contribution < 1.29 is 14.1 Å². The van der Waals surface area contributed by atoms with Gasteiger partial charge in [0.1, 0.15) is 11.6 Å². The summed E-state index contributed by atoms with van der Waals surface area (Å²) >= 11 is 0. The number of nitro groups is 1. The molecule has 0 bridgehead atoms. The van der Waals surface area contributed by atoms with Gasteiger partial charge in [-0.05, 0) is 6.07 Å². The van der Waals surface area contributed by atoms with Crippen molar-refractivity contribution in [3.05, 3.63) is 57.9 Å². The van der Waals surface area contributed by atoms with Gasteiger partial charge in [-0.1, -0.05) is 0 Å². The van der Waals surface area contributed by atoms with Crippen molar-refractivity contribution in [2.24, 2.45) is 0 Å². The molecule has 20 heavy (non-hydrogen) atoms. The maximum atomic E-state index is 13.6. The van der Waals surface area contributed by atoms with E-state index >= 15 is 0 Å². The van der Waals surface area contributed by atoms with Crippen molar-refractivity contribution >= 4 is 11.6 Å². The summed E-state index contributed by atoms with van der Waals surface area (Å²) in [7, 11) is 1.46. The van der Waals surface area contributed by atoms with Crippen molar-refractivity contribution in [1.82, 2.24) is 14.9 Å². The molecule has 0 spiro atoms. The summed E-state index contributed by atoms with van der Waals surface area (Å²) in [4.78, 5) is 30.1. The number of non-ortho nitro benzene ring substituents is 1. The summed E-state index contributed by atoms with van der Waals surface area (Å²) in [6, 6.07) is 2.85. The number of nitro benzene ring substituents is 1. The lowest BCUT2D eigenvalue weighted by atomic mass is 10.1. The zero-order chi connectivity index (χ0) is 14.7. The van der Waals surface area contributed by atoms with Crippen molar-refractivity contribution in [3.63, 3.8) is 0 Å². The lowest BCUT2D eigenvalue weighted by molar-refractivity contribution is -0.384. The van der Waals surface area contributed by atoms with E-state index in [1.807, 2.05) is 0 Å². The molecule has 0 aliphatic rings. The van der Waals surface area contributed by atoms with E-state index in [1.165, 1.54) is 18.1 Å². The quantitative estimate of drug-likeness (QED) is 0.681. The molecule has 0 saturated carbocycles. The van der Waals surface area contributed by atoms with Crippen molar-refractivity contribution in [1.29, 1.82) is 0 Å². The number of aromatic nitrogens is 2. The Hall–Kier alpha value is -2.77. The topological polar surface area (TPSA) is 92.1 Å². The first-order valence-electron chi connectivity index (χ1n) is 5.66. The second-order valence-electron chi connectivity index (χ2n) is 4.12. The molecule has 0 unspecified atom stereocenters. The van der Waals surface area contributed by atoms with E-state index in [1.54, 1.807) is 6.20 Å². The molecule has 0 radical (unpaired) electrons. The molecule has 0 saturated heterocycles. The van der Waals surface area contributed by atoms with Crippen LogP contribution >= 0.6 is 0 Å². The highest BCUT2D eigenvalue weighted by Crippen LogP contribution is 2.18. The van der Waals surface area contributed by atoms with Crippen LogP contribution in [0.4, 0.5) is 10.1 Å². The highest BCUT2D eigenvalue weighted by molar-refractivity contribution is 5.94. The third kappa shape index (κ3) is 2.79. The van der Waals surface area contributed by atoms with E-state index in [2.05, 4.69) is 9.97 Å². The van der Waals surface area contributed by atoms with Gasteiger partial charge in [0.2, 0.25) is 0 Å². The first kappa shape index (κ1) is 13.7. The highest BCUT2D eigenvalue weighted by Gasteiger charge is 2.20. The van der Waals surface area contributed by atoms with Crippen LogP contribution in [0, 0.1) is 15.9 Å². The third-order valence-corrected chi connectivity index (χ3v) is 2.68. The molecule has 2 rings (SSSR count). The molecule has 104 valence electrons. The molecule has 1 amide bonds. The second kappa shape index (κ2) is 5.47. The number of hydrogen-bond acceptors (Lipinski definition) is 4. The Labute approximate surface area is 113 Å². The number of nitrogens with zero attached hydrogens (tertiary/aromatic N) is 3. The summed E-state index contributed by atoms with van der Waals surface area (Å²) < 4.78 is 13.6. The number of nitrogens with one attached hydrogen (secondary N) is 1. The Balaban J connectivity index is 2.23. The maximum absolute atomic E-state index is 13.6. The molecule has 1 aromatic carbocycles. The maximum Gasteiger partial charge on any atom is 0.270 e. The molecule has 1 heterocycles. The number of amides is 1. The van der Waals surface area contributed by atoms with Crippen molar-refractivity contribution in [3.8, 4) is 0 Å². The van der Waals surface area contributed by atoms with Crippen LogP contribution in [-0.4, -0.2) is 32.7 Å². The average Bonchev–Trinajstić information content (AvgIpc) is 2.91.